The average molecular weight is 587 g/mol. The number of aromatic carboxylic acids is 1. The fourth-order valence-corrected chi connectivity index (χ4v) is 6.64. The van der Waals surface area contributed by atoms with Crippen molar-refractivity contribution in [1.29, 1.82) is 0 Å². The molecule has 0 radical (unpaired) electrons. The van der Waals surface area contributed by atoms with Crippen molar-refractivity contribution in [3.8, 4) is 11.3 Å². The van der Waals surface area contributed by atoms with Gasteiger partial charge in [-0.25, -0.2) is 4.79 Å². The van der Waals surface area contributed by atoms with Crippen molar-refractivity contribution in [3.05, 3.63) is 97.9 Å². The van der Waals surface area contributed by atoms with E-state index in [2.05, 4.69) is 5.16 Å². The molecule has 0 bridgehead atoms. The van der Waals surface area contributed by atoms with Crippen LogP contribution < -0.4 is 0 Å². The van der Waals surface area contributed by atoms with Crippen molar-refractivity contribution in [1.82, 2.24) is 5.16 Å². The number of benzene rings is 2. The molecule has 1 unspecified atom stereocenters. The summed E-state index contributed by atoms with van der Waals surface area (Å²) in [7, 11) is 0. The van der Waals surface area contributed by atoms with Gasteiger partial charge in [-0.2, -0.15) is 0 Å². The van der Waals surface area contributed by atoms with Crippen molar-refractivity contribution in [2.75, 3.05) is 0 Å². The number of carboxylic acids is 1. The molecule has 0 aliphatic heterocycles. The molecule has 2 saturated carbocycles. The lowest BCUT2D eigenvalue weighted by Crippen LogP contribution is -2.49. The SMILES string of the molecule is O=C(O)c1cccc([C@H]2C[C@@](O)(C3CC=C(OCc4c(-c5c(Cl)cccc5Cl)noc4C4CC4)C=C3Cl)C2)c1. The number of ether oxygens (including phenoxy) is 1. The van der Waals surface area contributed by atoms with E-state index < -0.39 is 11.6 Å². The van der Waals surface area contributed by atoms with Gasteiger partial charge < -0.3 is 19.5 Å². The van der Waals surface area contributed by atoms with Gasteiger partial charge in [-0.15, -0.1) is 0 Å². The van der Waals surface area contributed by atoms with Crippen LogP contribution in [-0.4, -0.2) is 26.9 Å². The number of rotatable bonds is 8. The third kappa shape index (κ3) is 5.11. The van der Waals surface area contributed by atoms with E-state index in [0.717, 1.165) is 29.7 Å². The van der Waals surface area contributed by atoms with Crippen LogP contribution in [0.5, 0.6) is 0 Å². The van der Waals surface area contributed by atoms with Crippen LogP contribution >= 0.6 is 34.8 Å². The highest BCUT2D eigenvalue weighted by Gasteiger charge is 2.50. The lowest BCUT2D eigenvalue weighted by atomic mass is 9.61. The highest BCUT2D eigenvalue weighted by Crippen LogP contribution is 2.53. The number of aromatic nitrogens is 1. The minimum absolute atomic E-state index is 0.0879. The molecule has 0 saturated heterocycles. The van der Waals surface area contributed by atoms with Crippen molar-refractivity contribution < 1.29 is 24.3 Å². The van der Waals surface area contributed by atoms with Crippen LogP contribution in [0, 0.1) is 5.92 Å². The van der Waals surface area contributed by atoms with E-state index >= 15 is 0 Å². The molecule has 6 nitrogen and oxygen atoms in total. The standard InChI is InChI=1S/C30H26Cl3NO5/c31-23-5-2-6-24(32)26(23)27-21(28(39-34-27)16-7-8-16)15-38-20-9-10-22(25(33)12-20)30(37)13-19(14-30)17-3-1-4-18(11-17)29(35)36/h1-6,9,11-12,16,19,22,37H,7-8,10,13-15H2,(H,35,36)/t19-,22?,30-. The third-order valence-electron chi connectivity index (χ3n) is 7.97. The van der Waals surface area contributed by atoms with Gasteiger partial charge in [0, 0.05) is 22.4 Å². The smallest absolute Gasteiger partial charge is 0.335 e. The van der Waals surface area contributed by atoms with Crippen LogP contribution in [0.2, 0.25) is 10.0 Å². The van der Waals surface area contributed by atoms with Gasteiger partial charge in [-0.05, 0) is 80.0 Å². The number of hydrogen-bond acceptors (Lipinski definition) is 5. The molecule has 2 aromatic carbocycles. The number of nitrogens with zero attached hydrogens (tertiary/aromatic N) is 1. The quantitative estimate of drug-likeness (QED) is 0.277. The Hall–Kier alpha value is -2.77. The predicted octanol–water partition coefficient (Wildman–Crippen LogP) is 8.08. The van der Waals surface area contributed by atoms with E-state index in [-0.39, 0.29) is 24.0 Å². The maximum absolute atomic E-state index is 11.3. The summed E-state index contributed by atoms with van der Waals surface area (Å²) in [6.07, 6.45) is 7.34. The molecule has 0 amide bonds. The van der Waals surface area contributed by atoms with Gasteiger partial charge in [0.2, 0.25) is 0 Å². The molecule has 6 rings (SSSR count). The van der Waals surface area contributed by atoms with Crippen LogP contribution in [0.4, 0.5) is 0 Å². The molecule has 39 heavy (non-hydrogen) atoms. The first kappa shape index (κ1) is 26.5. The Morgan fingerprint density at radius 2 is 1.79 bits per heavy atom. The van der Waals surface area contributed by atoms with Crippen molar-refractivity contribution in [2.45, 2.75) is 56.1 Å². The second-order valence-electron chi connectivity index (χ2n) is 10.6. The summed E-state index contributed by atoms with van der Waals surface area (Å²) >= 11 is 19.6. The number of carboxylic acid groups (broad SMARTS) is 1. The Morgan fingerprint density at radius 3 is 2.46 bits per heavy atom. The van der Waals surface area contributed by atoms with Crippen molar-refractivity contribution >= 4 is 40.8 Å². The molecule has 1 heterocycles. The zero-order valence-electron chi connectivity index (χ0n) is 20.9. The van der Waals surface area contributed by atoms with E-state index in [4.69, 9.17) is 44.1 Å². The zero-order chi connectivity index (χ0) is 27.3. The first-order chi connectivity index (χ1) is 18.7. The minimum atomic E-state index is -0.958. The summed E-state index contributed by atoms with van der Waals surface area (Å²) < 4.78 is 11.9. The van der Waals surface area contributed by atoms with Crippen molar-refractivity contribution in [2.24, 2.45) is 5.92 Å². The summed E-state index contributed by atoms with van der Waals surface area (Å²) in [5.41, 5.74) is 2.24. The molecule has 9 heteroatoms. The topological polar surface area (TPSA) is 92.8 Å². The fourth-order valence-electron chi connectivity index (χ4n) is 5.66. The van der Waals surface area contributed by atoms with Gasteiger partial charge in [-0.3, -0.25) is 0 Å². The minimum Gasteiger partial charge on any atom is -0.489 e. The molecule has 3 aliphatic rings. The molecule has 2 fully saturated rings. The predicted molar refractivity (Wildman–Crippen MR) is 149 cm³/mol. The maximum Gasteiger partial charge on any atom is 0.335 e. The largest absolute Gasteiger partial charge is 0.489 e. The lowest BCUT2D eigenvalue weighted by Gasteiger charge is -2.49. The highest BCUT2D eigenvalue weighted by atomic mass is 35.5. The molecule has 1 atom stereocenters. The summed E-state index contributed by atoms with van der Waals surface area (Å²) in [6, 6.07) is 12.2. The molecule has 0 spiro atoms. The summed E-state index contributed by atoms with van der Waals surface area (Å²) in [5, 5.41) is 26.4. The van der Waals surface area contributed by atoms with Crippen molar-refractivity contribution in [3.63, 3.8) is 0 Å². The number of aliphatic hydroxyl groups is 1. The Balaban J connectivity index is 1.14. The third-order valence-corrected chi connectivity index (χ3v) is 8.97. The number of allylic oxidation sites excluding steroid dienone is 2. The van der Waals surface area contributed by atoms with E-state index in [1.54, 1.807) is 42.5 Å². The maximum atomic E-state index is 11.3. The Morgan fingerprint density at radius 1 is 1.08 bits per heavy atom. The van der Waals surface area contributed by atoms with Crippen LogP contribution in [0.3, 0.4) is 0 Å². The van der Waals surface area contributed by atoms with Gasteiger partial charge in [0.25, 0.3) is 0 Å². The molecule has 1 aromatic heterocycles. The second kappa shape index (κ2) is 10.3. The zero-order valence-corrected chi connectivity index (χ0v) is 23.1. The van der Waals surface area contributed by atoms with Crippen LogP contribution in [0.25, 0.3) is 11.3 Å². The van der Waals surface area contributed by atoms with Crippen LogP contribution in [-0.2, 0) is 11.3 Å². The van der Waals surface area contributed by atoms with E-state index in [9.17, 15) is 15.0 Å². The monoisotopic (exact) mass is 585 g/mol. The van der Waals surface area contributed by atoms with Crippen LogP contribution in [0.15, 0.2) is 69.9 Å². The average Bonchev–Trinajstić information content (AvgIpc) is 3.66. The van der Waals surface area contributed by atoms with Crippen LogP contribution in [0.1, 0.15) is 71.2 Å². The first-order valence-corrected chi connectivity index (χ1v) is 14.1. The number of carbonyl (C=O) groups is 1. The van der Waals surface area contributed by atoms with Gasteiger partial charge in [-0.1, -0.05) is 58.2 Å². The Bertz CT molecular complexity index is 1480. The molecule has 2 N–H and O–H groups in total. The second-order valence-corrected chi connectivity index (χ2v) is 11.8. The van der Waals surface area contributed by atoms with Gasteiger partial charge >= 0.3 is 5.97 Å². The van der Waals surface area contributed by atoms with E-state index in [1.165, 1.54) is 0 Å². The highest BCUT2D eigenvalue weighted by molar-refractivity contribution is 6.39. The number of hydrogen-bond donors (Lipinski definition) is 2. The summed E-state index contributed by atoms with van der Waals surface area (Å²) in [6.45, 7) is 0.218. The number of halogens is 3. The normalized spacial score (nSPS) is 24.5. The molecular formula is C30H26Cl3NO5. The summed E-state index contributed by atoms with van der Waals surface area (Å²) in [4.78, 5) is 11.3. The van der Waals surface area contributed by atoms with E-state index in [1.807, 2.05) is 12.1 Å². The molecule has 3 aromatic rings. The molecular weight excluding hydrogens is 561 g/mol. The fraction of sp³-hybridized carbons (Fsp3) is 0.333. The molecule has 202 valence electrons. The molecule has 3 aliphatic carbocycles. The summed E-state index contributed by atoms with van der Waals surface area (Å²) in [5.74, 6) is 0.605. The van der Waals surface area contributed by atoms with Gasteiger partial charge in [0.15, 0.2) is 0 Å². The first-order valence-electron chi connectivity index (χ1n) is 12.9. The van der Waals surface area contributed by atoms with E-state index in [0.29, 0.717) is 57.3 Å². The van der Waals surface area contributed by atoms with Gasteiger partial charge in [0.05, 0.1) is 26.8 Å². The lowest BCUT2D eigenvalue weighted by molar-refractivity contribution is -0.0836. The Kier molecular flexibility index (Phi) is 7.00. The Labute approximate surface area is 240 Å². The van der Waals surface area contributed by atoms with Gasteiger partial charge in [0.1, 0.15) is 23.8 Å².